The van der Waals surface area contributed by atoms with Crippen LogP contribution in [0.2, 0.25) is 0 Å². The Balaban J connectivity index is 2.22. The first-order valence-electron chi connectivity index (χ1n) is 4.18. The summed E-state index contributed by atoms with van der Waals surface area (Å²) in [6.45, 7) is 0. The Morgan fingerprint density at radius 1 is 1.21 bits per heavy atom. The molecule has 0 fully saturated rings. The molecule has 1 aromatic carbocycles. The third kappa shape index (κ3) is 1.79. The minimum atomic E-state index is -0.826. The van der Waals surface area contributed by atoms with Crippen LogP contribution in [0, 0.1) is 11.6 Å². The van der Waals surface area contributed by atoms with Gasteiger partial charge in [-0.25, -0.2) is 13.8 Å². The van der Waals surface area contributed by atoms with Gasteiger partial charge in [0.2, 0.25) is 0 Å². The Labute approximate surface area is 79.6 Å². The molecule has 0 amide bonds. The zero-order valence-corrected chi connectivity index (χ0v) is 7.30. The number of benzene rings is 1. The predicted molar refractivity (Wildman–Crippen MR) is 47.8 cm³/mol. The van der Waals surface area contributed by atoms with Gasteiger partial charge in [-0.3, -0.25) is 0 Å². The second-order valence-corrected chi connectivity index (χ2v) is 2.96. The second-order valence-electron chi connectivity index (χ2n) is 2.96. The third-order valence-electron chi connectivity index (χ3n) is 1.91. The lowest BCUT2D eigenvalue weighted by Crippen LogP contribution is -1.93. The van der Waals surface area contributed by atoms with Gasteiger partial charge in [0.25, 0.3) is 0 Å². The number of imidazole rings is 1. The molecule has 2 nitrogen and oxygen atoms in total. The highest BCUT2D eigenvalue weighted by Gasteiger charge is 2.03. The van der Waals surface area contributed by atoms with E-state index in [9.17, 15) is 8.78 Å². The zero-order chi connectivity index (χ0) is 9.97. The standard InChI is InChI=1S/C10H8F2N2/c11-8-2-1-7(5-9(8)12)6-10-13-3-4-14-10/h1-5H,6H2,(H,13,14). The molecule has 0 unspecified atom stereocenters. The van der Waals surface area contributed by atoms with E-state index in [1.807, 2.05) is 0 Å². The molecule has 0 aliphatic carbocycles. The van der Waals surface area contributed by atoms with Crippen molar-refractivity contribution < 1.29 is 8.78 Å². The number of H-pyrrole nitrogens is 1. The van der Waals surface area contributed by atoms with Gasteiger partial charge in [0.15, 0.2) is 11.6 Å². The van der Waals surface area contributed by atoms with Crippen molar-refractivity contribution in [1.82, 2.24) is 9.97 Å². The fraction of sp³-hybridized carbons (Fsp3) is 0.100. The van der Waals surface area contributed by atoms with Crippen LogP contribution in [0.25, 0.3) is 0 Å². The molecule has 0 spiro atoms. The zero-order valence-electron chi connectivity index (χ0n) is 7.30. The molecular weight excluding hydrogens is 186 g/mol. The van der Waals surface area contributed by atoms with Crippen molar-refractivity contribution >= 4 is 0 Å². The Bertz CT molecular complexity index is 424. The molecule has 0 aliphatic rings. The topological polar surface area (TPSA) is 28.7 Å². The first-order chi connectivity index (χ1) is 6.75. The summed E-state index contributed by atoms with van der Waals surface area (Å²) < 4.78 is 25.4. The van der Waals surface area contributed by atoms with Crippen molar-refractivity contribution in [2.24, 2.45) is 0 Å². The molecule has 2 aromatic rings. The summed E-state index contributed by atoms with van der Waals surface area (Å²) in [5.74, 6) is -0.918. The van der Waals surface area contributed by atoms with Crippen molar-refractivity contribution in [1.29, 1.82) is 0 Å². The fourth-order valence-corrected chi connectivity index (χ4v) is 1.24. The molecule has 0 aliphatic heterocycles. The van der Waals surface area contributed by atoms with Crippen molar-refractivity contribution in [3.8, 4) is 0 Å². The van der Waals surface area contributed by atoms with Gasteiger partial charge in [-0.2, -0.15) is 0 Å². The number of nitrogens with zero attached hydrogens (tertiary/aromatic N) is 1. The van der Waals surface area contributed by atoms with E-state index >= 15 is 0 Å². The molecule has 0 radical (unpaired) electrons. The third-order valence-corrected chi connectivity index (χ3v) is 1.91. The highest BCUT2D eigenvalue weighted by Crippen LogP contribution is 2.11. The predicted octanol–water partition coefficient (Wildman–Crippen LogP) is 2.28. The summed E-state index contributed by atoms with van der Waals surface area (Å²) in [4.78, 5) is 6.88. The average molecular weight is 194 g/mol. The fourth-order valence-electron chi connectivity index (χ4n) is 1.24. The Morgan fingerprint density at radius 3 is 2.71 bits per heavy atom. The first-order valence-corrected chi connectivity index (χ1v) is 4.18. The summed E-state index contributed by atoms with van der Waals surface area (Å²) >= 11 is 0. The molecule has 0 bridgehead atoms. The van der Waals surface area contributed by atoms with Crippen LogP contribution >= 0.6 is 0 Å². The number of hydrogen-bond donors (Lipinski definition) is 1. The lowest BCUT2D eigenvalue weighted by molar-refractivity contribution is 0.507. The van der Waals surface area contributed by atoms with E-state index in [1.165, 1.54) is 6.07 Å². The monoisotopic (exact) mass is 194 g/mol. The van der Waals surface area contributed by atoms with Crippen LogP contribution in [0.1, 0.15) is 11.4 Å². The Kier molecular flexibility index (Phi) is 2.26. The van der Waals surface area contributed by atoms with E-state index in [0.29, 0.717) is 12.0 Å². The Morgan fingerprint density at radius 2 is 2.07 bits per heavy atom. The van der Waals surface area contributed by atoms with Gasteiger partial charge in [0, 0.05) is 18.8 Å². The molecule has 0 saturated carbocycles. The smallest absolute Gasteiger partial charge is 0.159 e. The number of rotatable bonds is 2. The van der Waals surface area contributed by atoms with Gasteiger partial charge >= 0.3 is 0 Å². The molecule has 72 valence electrons. The molecule has 1 aromatic heterocycles. The molecule has 1 heterocycles. The minimum absolute atomic E-state index is 0.476. The molecule has 1 N–H and O–H groups in total. The summed E-state index contributed by atoms with van der Waals surface area (Å²) in [5, 5.41) is 0. The SMILES string of the molecule is Fc1ccc(Cc2ncc[nH]2)cc1F. The number of aromatic nitrogens is 2. The van der Waals surface area contributed by atoms with Gasteiger partial charge in [0.05, 0.1) is 0 Å². The summed E-state index contributed by atoms with van der Waals surface area (Å²) in [7, 11) is 0. The van der Waals surface area contributed by atoms with Gasteiger partial charge < -0.3 is 4.98 Å². The summed E-state index contributed by atoms with van der Waals surface area (Å²) in [5.41, 5.74) is 0.693. The maximum atomic E-state index is 12.8. The van der Waals surface area contributed by atoms with Crippen LogP contribution in [-0.4, -0.2) is 9.97 Å². The van der Waals surface area contributed by atoms with E-state index in [1.54, 1.807) is 18.5 Å². The highest BCUT2D eigenvalue weighted by molar-refractivity contribution is 5.21. The van der Waals surface area contributed by atoms with Gasteiger partial charge in [-0.15, -0.1) is 0 Å². The van der Waals surface area contributed by atoms with Crippen molar-refractivity contribution in [2.45, 2.75) is 6.42 Å². The van der Waals surface area contributed by atoms with Crippen LogP contribution in [0.3, 0.4) is 0 Å². The lowest BCUT2D eigenvalue weighted by Gasteiger charge is -1.99. The normalized spacial score (nSPS) is 10.4. The molecule has 14 heavy (non-hydrogen) atoms. The average Bonchev–Trinajstić information content (AvgIpc) is 2.64. The van der Waals surface area contributed by atoms with Gasteiger partial charge in [0.1, 0.15) is 5.82 Å². The number of halogens is 2. The van der Waals surface area contributed by atoms with Gasteiger partial charge in [-0.1, -0.05) is 6.07 Å². The minimum Gasteiger partial charge on any atom is -0.348 e. The maximum Gasteiger partial charge on any atom is 0.159 e. The van der Waals surface area contributed by atoms with Gasteiger partial charge in [-0.05, 0) is 17.7 Å². The molecular formula is C10H8F2N2. The summed E-state index contributed by atoms with van der Waals surface area (Å²) in [6.07, 6.45) is 3.79. The Hall–Kier alpha value is -1.71. The van der Waals surface area contributed by atoms with Crippen LogP contribution in [-0.2, 0) is 6.42 Å². The van der Waals surface area contributed by atoms with E-state index in [-0.39, 0.29) is 0 Å². The van der Waals surface area contributed by atoms with E-state index in [0.717, 1.165) is 11.9 Å². The van der Waals surface area contributed by atoms with Crippen LogP contribution in [0.5, 0.6) is 0 Å². The molecule has 4 heteroatoms. The maximum absolute atomic E-state index is 12.8. The van der Waals surface area contributed by atoms with Crippen molar-refractivity contribution in [3.63, 3.8) is 0 Å². The molecule has 0 atom stereocenters. The first kappa shape index (κ1) is 8.87. The van der Waals surface area contributed by atoms with E-state index < -0.39 is 11.6 Å². The number of hydrogen-bond acceptors (Lipinski definition) is 1. The van der Waals surface area contributed by atoms with Crippen molar-refractivity contribution in [3.05, 3.63) is 53.6 Å². The largest absolute Gasteiger partial charge is 0.348 e. The summed E-state index contributed by atoms with van der Waals surface area (Å²) in [6, 6.07) is 3.84. The highest BCUT2D eigenvalue weighted by atomic mass is 19.2. The molecule has 2 rings (SSSR count). The van der Waals surface area contributed by atoms with Crippen molar-refractivity contribution in [2.75, 3.05) is 0 Å². The second kappa shape index (κ2) is 3.57. The van der Waals surface area contributed by atoms with E-state index in [4.69, 9.17) is 0 Å². The molecule has 0 saturated heterocycles. The van der Waals surface area contributed by atoms with Crippen LogP contribution in [0.4, 0.5) is 8.78 Å². The number of aromatic amines is 1. The lowest BCUT2D eigenvalue weighted by atomic mass is 10.1. The van der Waals surface area contributed by atoms with Crippen LogP contribution < -0.4 is 0 Å². The quantitative estimate of drug-likeness (QED) is 0.780. The number of nitrogens with one attached hydrogen (secondary N) is 1. The van der Waals surface area contributed by atoms with Crippen LogP contribution in [0.15, 0.2) is 30.6 Å². The van der Waals surface area contributed by atoms with E-state index in [2.05, 4.69) is 9.97 Å².